The Labute approximate surface area is 140 Å². The monoisotopic (exact) mass is 327 g/mol. The summed E-state index contributed by atoms with van der Waals surface area (Å²) in [5.41, 5.74) is 1.51. The minimum absolute atomic E-state index is 0.0221. The summed E-state index contributed by atoms with van der Waals surface area (Å²) >= 11 is 0. The molecule has 2 unspecified atom stereocenters. The Kier molecular flexibility index (Phi) is 3.84. The van der Waals surface area contributed by atoms with Gasteiger partial charge < -0.3 is 9.64 Å². The van der Waals surface area contributed by atoms with Crippen molar-refractivity contribution in [3.63, 3.8) is 0 Å². The van der Waals surface area contributed by atoms with Crippen molar-refractivity contribution in [3.8, 4) is 0 Å². The number of morpholine rings is 1. The molecule has 2 fully saturated rings. The standard InChI is InChI=1S/C18H21N3O3/c1-12-4-2-5-13-17(12)19-11-20(18(13)23)10-16(22)21-8-9-24-15-7-3-6-14(15)21/h2,4-5,11,14-15H,3,6-10H2,1H3. The predicted octanol–water partition coefficient (Wildman–Crippen LogP) is 1.48. The third kappa shape index (κ3) is 2.51. The van der Waals surface area contributed by atoms with E-state index in [1.165, 1.54) is 10.9 Å². The summed E-state index contributed by atoms with van der Waals surface area (Å²) in [7, 11) is 0. The number of carbonyl (C=O) groups is 1. The Bertz CT molecular complexity index is 845. The molecule has 6 heteroatoms. The number of hydrogen-bond acceptors (Lipinski definition) is 4. The quantitative estimate of drug-likeness (QED) is 0.838. The molecule has 126 valence electrons. The lowest BCUT2D eigenvalue weighted by atomic mass is 10.1. The van der Waals surface area contributed by atoms with Crippen LogP contribution >= 0.6 is 0 Å². The number of ether oxygens (including phenoxy) is 1. The summed E-state index contributed by atoms with van der Waals surface area (Å²) in [5.74, 6) is -0.0221. The van der Waals surface area contributed by atoms with Crippen LogP contribution in [0.2, 0.25) is 0 Å². The van der Waals surface area contributed by atoms with Gasteiger partial charge in [-0.05, 0) is 37.8 Å². The summed E-state index contributed by atoms with van der Waals surface area (Å²) in [6.07, 6.45) is 4.75. The fourth-order valence-corrected chi connectivity index (χ4v) is 3.92. The molecule has 2 atom stereocenters. The van der Waals surface area contributed by atoms with Crippen molar-refractivity contribution < 1.29 is 9.53 Å². The van der Waals surface area contributed by atoms with Gasteiger partial charge in [-0.15, -0.1) is 0 Å². The van der Waals surface area contributed by atoms with Crippen LogP contribution in [0.25, 0.3) is 10.9 Å². The maximum absolute atomic E-state index is 12.7. The van der Waals surface area contributed by atoms with Gasteiger partial charge in [0.05, 0.1) is 36.0 Å². The highest BCUT2D eigenvalue weighted by molar-refractivity contribution is 5.81. The van der Waals surface area contributed by atoms with E-state index in [4.69, 9.17) is 4.74 Å². The van der Waals surface area contributed by atoms with E-state index in [-0.39, 0.29) is 30.2 Å². The Morgan fingerprint density at radius 3 is 3.12 bits per heavy atom. The lowest BCUT2D eigenvalue weighted by Crippen LogP contribution is -2.52. The molecule has 1 saturated carbocycles. The largest absolute Gasteiger partial charge is 0.374 e. The van der Waals surface area contributed by atoms with E-state index in [1.54, 1.807) is 6.07 Å². The van der Waals surface area contributed by atoms with E-state index in [9.17, 15) is 9.59 Å². The Morgan fingerprint density at radius 1 is 1.38 bits per heavy atom. The molecule has 24 heavy (non-hydrogen) atoms. The molecule has 0 bridgehead atoms. The predicted molar refractivity (Wildman–Crippen MR) is 89.8 cm³/mol. The zero-order valence-electron chi connectivity index (χ0n) is 13.8. The third-order valence-electron chi connectivity index (χ3n) is 5.16. The van der Waals surface area contributed by atoms with Crippen LogP contribution in [0, 0.1) is 6.92 Å². The maximum atomic E-state index is 12.7. The fourth-order valence-electron chi connectivity index (χ4n) is 3.92. The highest BCUT2D eigenvalue weighted by Crippen LogP contribution is 2.29. The van der Waals surface area contributed by atoms with Crippen molar-refractivity contribution >= 4 is 16.8 Å². The molecule has 0 N–H and O–H groups in total. The summed E-state index contributed by atoms with van der Waals surface area (Å²) < 4.78 is 7.17. The zero-order chi connectivity index (χ0) is 16.7. The van der Waals surface area contributed by atoms with Crippen molar-refractivity contribution in [2.24, 2.45) is 0 Å². The highest BCUT2D eigenvalue weighted by atomic mass is 16.5. The molecule has 0 radical (unpaired) electrons. The molecule has 1 aliphatic carbocycles. The average molecular weight is 327 g/mol. The smallest absolute Gasteiger partial charge is 0.261 e. The summed E-state index contributed by atoms with van der Waals surface area (Å²) in [6.45, 7) is 3.16. The van der Waals surface area contributed by atoms with Gasteiger partial charge in [-0.1, -0.05) is 12.1 Å². The maximum Gasteiger partial charge on any atom is 0.261 e. The summed E-state index contributed by atoms with van der Waals surface area (Å²) in [4.78, 5) is 31.7. The molecular formula is C18H21N3O3. The number of aromatic nitrogens is 2. The first-order valence-corrected chi connectivity index (χ1v) is 8.51. The first kappa shape index (κ1) is 15.3. The Balaban J connectivity index is 1.61. The second kappa shape index (κ2) is 6.02. The van der Waals surface area contributed by atoms with Crippen LogP contribution in [0.5, 0.6) is 0 Å². The van der Waals surface area contributed by atoms with E-state index in [0.29, 0.717) is 24.1 Å². The van der Waals surface area contributed by atoms with Crippen LogP contribution < -0.4 is 5.56 Å². The van der Waals surface area contributed by atoms with Crippen LogP contribution in [0.15, 0.2) is 29.3 Å². The molecule has 2 aromatic rings. The SMILES string of the molecule is Cc1cccc2c(=O)n(CC(=O)N3CCOC4CCCC43)cnc12. The number of fused-ring (bicyclic) bond motifs is 2. The number of carbonyl (C=O) groups excluding carboxylic acids is 1. The van der Waals surface area contributed by atoms with Gasteiger partial charge in [-0.25, -0.2) is 4.98 Å². The van der Waals surface area contributed by atoms with E-state index in [2.05, 4.69) is 4.98 Å². The molecule has 6 nitrogen and oxygen atoms in total. The molecular weight excluding hydrogens is 306 g/mol. The van der Waals surface area contributed by atoms with Crippen molar-refractivity contribution in [2.75, 3.05) is 13.2 Å². The molecule has 1 aromatic heterocycles. The number of para-hydroxylation sites is 1. The summed E-state index contributed by atoms with van der Waals surface area (Å²) in [5, 5.41) is 0.561. The first-order chi connectivity index (χ1) is 11.6. The molecule has 1 amide bonds. The van der Waals surface area contributed by atoms with Crippen LogP contribution in [0.3, 0.4) is 0 Å². The number of aryl methyl sites for hydroxylation is 1. The topological polar surface area (TPSA) is 64.4 Å². The number of nitrogens with zero attached hydrogens (tertiary/aromatic N) is 3. The summed E-state index contributed by atoms with van der Waals surface area (Å²) in [6, 6.07) is 5.70. The van der Waals surface area contributed by atoms with Crippen LogP contribution in [0.1, 0.15) is 24.8 Å². The number of rotatable bonds is 2. The molecule has 1 aromatic carbocycles. The molecule has 2 aliphatic rings. The lowest BCUT2D eigenvalue weighted by Gasteiger charge is -2.37. The van der Waals surface area contributed by atoms with Crippen molar-refractivity contribution in [1.82, 2.24) is 14.5 Å². The second-order valence-corrected chi connectivity index (χ2v) is 6.64. The van der Waals surface area contributed by atoms with E-state index in [1.807, 2.05) is 24.0 Å². The lowest BCUT2D eigenvalue weighted by molar-refractivity contribution is -0.144. The van der Waals surface area contributed by atoms with Crippen molar-refractivity contribution in [1.29, 1.82) is 0 Å². The van der Waals surface area contributed by atoms with Crippen molar-refractivity contribution in [2.45, 2.75) is 44.9 Å². The van der Waals surface area contributed by atoms with Gasteiger partial charge in [0.1, 0.15) is 6.54 Å². The van der Waals surface area contributed by atoms with Gasteiger partial charge in [-0.2, -0.15) is 0 Å². The Hall–Kier alpha value is -2.21. The van der Waals surface area contributed by atoms with Crippen molar-refractivity contribution in [3.05, 3.63) is 40.4 Å². The second-order valence-electron chi connectivity index (χ2n) is 6.64. The third-order valence-corrected chi connectivity index (χ3v) is 5.16. The minimum atomic E-state index is -0.159. The normalized spacial score (nSPS) is 23.5. The molecule has 1 saturated heterocycles. The fraction of sp³-hybridized carbons (Fsp3) is 0.500. The van der Waals surface area contributed by atoms with Gasteiger partial charge in [0.25, 0.3) is 5.56 Å². The van der Waals surface area contributed by atoms with E-state index >= 15 is 0 Å². The van der Waals surface area contributed by atoms with Gasteiger partial charge in [0, 0.05) is 6.54 Å². The zero-order valence-corrected chi connectivity index (χ0v) is 13.8. The highest BCUT2D eigenvalue weighted by Gasteiger charge is 2.38. The van der Waals surface area contributed by atoms with Crippen LogP contribution in [-0.4, -0.2) is 45.7 Å². The number of hydrogen-bond donors (Lipinski definition) is 0. The molecule has 0 spiro atoms. The number of benzene rings is 1. The van der Waals surface area contributed by atoms with E-state index in [0.717, 1.165) is 24.8 Å². The molecule has 4 rings (SSSR count). The molecule has 1 aliphatic heterocycles. The Morgan fingerprint density at radius 2 is 2.25 bits per heavy atom. The van der Waals surface area contributed by atoms with Gasteiger partial charge >= 0.3 is 0 Å². The minimum Gasteiger partial charge on any atom is -0.374 e. The molecule has 2 heterocycles. The van der Waals surface area contributed by atoms with Gasteiger partial charge in [0.2, 0.25) is 5.91 Å². The average Bonchev–Trinajstić information content (AvgIpc) is 3.06. The van der Waals surface area contributed by atoms with Gasteiger partial charge in [0.15, 0.2) is 0 Å². The first-order valence-electron chi connectivity index (χ1n) is 8.51. The van der Waals surface area contributed by atoms with Crippen LogP contribution in [-0.2, 0) is 16.1 Å². The van der Waals surface area contributed by atoms with E-state index < -0.39 is 0 Å². The van der Waals surface area contributed by atoms with Crippen LogP contribution in [0.4, 0.5) is 0 Å². The number of amides is 1. The van der Waals surface area contributed by atoms with Gasteiger partial charge in [-0.3, -0.25) is 14.2 Å².